The molecule has 4 rings (SSSR count). The van der Waals surface area contributed by atoms with Crippen LogP contribution in [0.4, 0.5) is 9.52 Å². The summed E-state index contributed by atoms with van der Waals surface area (Å²) < 4.78 is 25.0. The van der Waals surface area contributed by atoms with E-state index in [-0.39, 0.29) is 11.9 Å². The van der Waals surface area contributed by atoms with Crippen molar-refractivity contribution in [3.8, 4) is 16.6 Å². The summed E-state index contributed by atoms with van der Waals surface area (Å²) in [5.74, 6) is 1.11. The monoisotopic (exact) mass is 425 g/mol. The van der Waals surface area contributed by atoms with Crippen LogP contribution >= 0.6 is 27.3 Å². The van der Waals surface area contributed by atoms with Crippen molar-refractivity contribution in [1.29, 1.82) is 0 Å². The van der Waals surface area contributed by atoms with Crippen molar-refractivity contribution >= 4 is 32.4 Å². The lowest BCUT2D eigenvalue weighted by molar-refractivity contribution is 0.222. The molecular formula is C15H13BrFN5O2S. The molecule has 0 bridgehead atoms. The van der Waals surface area contributed by atoms with E-state index in [4.69, 9.17) is 9.26 Å². The summed E-state index contributed by atoms with van der Waals surface area (Å²) in [6.07, 6.45) is 0.775. The lowest BCUT2D eigenvalue weighted by Crippen LogP contribution is -2.24. The maximum atomic E-state index is 13.4. The highest BCUT2D eigenvalue weighted by Crippen LogP contribution is 2.32. The second-order valence-electron chi connectivity index (χ2n) is 5.58. The molecule has 1 aromatic carbocycles. The summed E-state index contributed by atoms with van der Waals surface area (Å²) in [6.45, 7) is 3.17. The van der Waals surface area contributed by atoms with Gasteiger partial charge in [0.1, 0.15) is 17.7 Å². The Morgan fingerprint density at radius 2 is 2.28 bits per heavy atom. The average molecular weight is 426 g/mol. The SMILES string of the molecule is Cc1nc(-c2nnc(N3CC[C@H](Oc4cc(F)ccc4Br)C3)s2)no1. The van der Waals surface area contributed by atoms with Gasteiger partial charge in [0.2, 0.25) is 16.8 Å². The fraction of sp³-hybridized carbons (Fsp3) is 0.333. The molecule has 0 saturated carbocycles. The van der Waals surface area contributed by atoms with Crippen molar-refractivity contribution in [3.63, 3.8) is 0 Å². The van der Waals surface area contributed by atoms with E-state index in [1.54, 1.807) is 13.0 Å². The van der Waals surface area contributed by atoms with Gasteiger partial charge in [0, 0.05) is 26.0 Å². The topological polar surface area (TPSA) is 77.2 Å². The maximum Gasteiger partial charge on any atom is 0.233 e. The minimum Gasteiger partial charge on any atom is -0.487 e. The average Bonchev–Trinajstić information content (AvgIpc) is 3.30. The Balaban J connectivity index is 1.44. The summed E-state index contributed by atoms with van der Waals surface area (Å²) >= 11 is 4.79. The van der Waals surface area contributed by atoms with Crippen LogP contribution in [0.3, 0.4) is 0 Å². The third-order valence-corrected chi connectivity index (χ3v) is 5.37. The predicted octanol–water partition coefficient (Wildman–Crippen LogP) is 3.46. The first kappa shape index (κ1) is 16.4. The molecule has 2 aromatic heterocycles. The van der Waals surface area contributed by atoms with E-state index < -0.39 is 0 Å². The number of nitrogens with zero attached hydrogens (tertiary/aromatic N) is 5. The first-order valence-electron chi connectivity index (χ1n) is 7.59. The van der Waals surface area contributed by atoms with Gasteiger partial charge >= 0.3 is 0 Å². The predicted molar refractivity (Wildman–Crippen MR) is 93.3 cm³/mol. The number of hydrogen-bond acceptors (Lipinski definition) is 8. The fourth-order valence-electron chi connectivity index (χ4n) is 2.56. The smallest absolute Gasteiger partial charge is 0.233 e. The lowest BCUT2D eigenvalue weighted by atomic mass is 10.3. The molecule has 0 radical (unpaired) electrons. The van der Waals surface area contributed by atoms with Gasteiger partial charge in [-0.25, -0.2) is 4.39 Å². The molecule has 3 aromatic rings. The molecule has 1 saturated heterocycles. The van der Waals surface area contributed by atoms with Crippen LogP contribution in [0.1, 0.15) is 12.3 Å². The van der Waals surface area contributed by atoms with Crippen LogP contribution in [0.5, 0.6) is 5.75 Å². The molecule has 0 aliphatic carbocycles. The van der Waals surface area contributed by atoms with E-state index in [9.17, 15) is 4.39 Å². The van der Waals surface area contributed by atoms with Gasteiger partial charge in [-0.05, 0) is 28.1 Å². The van der Waals surface area contributed by atoms with Crippen molar-refractivity contribution in [1.82, 2.24) is 20.3 Å². The van der Waals surface area contributed by atoms with E-state index in [1.165, 1.54) is 23.5 Å². The van der Waals surface area contributed by atoms with Crippen molar-refractivity contribution in [2.45, 2.75) is 19.4 Å². The highest BCUT2D eigenvalue weighted by atomic mass is 79.9. The summed E-state index contributed by atoms with van der Waals surface area (Å²) in [7, 11) is 0. The van der Waals surface area contributed by atoms with Crippen LogP contribution in [0.2, 0.25) is 0 Å². The van der Waals surface area contributed by atoms with Crippen molar-refractivity contribution in [3.05, 3.63) is 34.4 Å². The Bertz CT molecular complexity index is 902. The fourth-order valence-corrected chi connectivity index (χ4v) is 3.71. The summed E-state index contributed by atoms with van der Waals surface area (Å²) in [5.41, 5.74) is 0. The minimum atomic E-state index is -0.322. The van der Waals surface area contributed by atoms with Crippen LogP contribution in [0.25, 0.3) is 10.8 Å². The summed E-state index contributed by atoms with van der Waals surface area (Å²) in [5, 5.41) is 13.6. The van der Waals surface area contributed by atoms with Gasteiger partial charge in [-0.1, -0.05) is 16.5 Å². The van der Waals surface area contributed by atoms with Crippen LogP contribution in [-0.4, -0.2) is 39.5 Å². The molecule has 0 spiro atoms. The Hall–Kier alpha value is -2.07. The van der Waals surface area contributed by atoms with Gasteiger partial charge in [0.15, 0.2) is 5.01 Å². The molecule has 1 fully saturated rings. The molecule has 0 unspecified atom stereocenters. The molecule has 0 N–H and O–H groups in total. The van der Waals surface area contributed by atoms with Crippen LogP contribution in [0, 0.1) is 12.7 Å². The number of anilines is 1. The minimum absolute atomic E-state index is 0.0436. The zero-order valence-electron chi connectivity index (χ0n) is 13.1. The van der Waals surface area contributed by atoms with Crippen molar-refractivity contribution in [2.24, 2.45) is 0 Å². The second kappa shape index (κ2) is 6.68. The molecular weight excluding hydrogens is 413 g/mol. The van der Waals surface area contributed by atoms with Crippen LogP contribution in [0.15, 0.2) is 27.2 Å². The van der Waals surface area contributed by atoms with E-state index in [1.807, 2.05) is 0 Å². The Morgan fingerprint density at radius 3 is 3.08 bits per heavy atom. The number of ether oxygens (including phenoxy) is 1. The normalized spacial score (nSPS) is 17.2. The first-order chi connectivity index (χ1) is 12.1. The molecule has 25 heavy (non-hydrogen) atoms. The van der Waals surface area contributed by atoms with Crippen LogP contribution < -0.4 is 9.64 Å². The molecule has 0 amide bonds. The summed E-state index contributed by atoms with van der Waals surface area (Å²) in [4.78, 5) is 6.25. The maximum absolute atomic E-state index is 13.4. The van der Waals surface area contributed by atoms with E-state index >= 15 is 0 Å². The zero-order valence-corrected chi connectivity index (χ0v) is 15.5. The third-order valence-electron chi connectivity index (χ3n) is 3.74. The van der Waals surface area contributed by atoms with Crippen LogP contribution in [-0.2, 0) is 0 Å². The van der Waals surface area contributed by atoms with Gasteiger partial charge in [0.25, 0.3) is 0 Å². The van der Waals surface area contributed by atoms with Gasteiger partial charge in [-0.2, -0.15) is 4.98 Å². The Morgan fingerprint density at radius 1 is 1.40 bits per heavy atom. The van der Waals surface area contributed by atoms with E-state index in [2.05, 4.69) is 41.2 Å². The highest BCUT2D eigenvalue weighted by molar-refractivity contribution is 9.10. The number of aryl methyl sites for hydroxylation is 1. The van der Waals surface area contributed by atoms with Gasteiger partial charge in [0.05, 0.1) is 11.0 Å². The summed E-state index contributed by atoms with van der Waals surface area (Å²) in [6, 6.07) is 4.41. The number of benzene rings is 1. The number of rotatable bonds is 4. The molecule has 130 valence electrons. The zero-order chi connectivity index (χ0) is 17.4. The Kier molecular flexibility index (Phi) is 4.38. The number of aromatic nitrogens is 4. The number of halogens is 2. The van der Waals surface area contributed by atoms with E-state index in [0.29, 0.717) is 29.0 Å². The third kappa shape index (κ3) is 3.49. The molecule has 1 aliphatic rings. The van der Waals surface area contributed by atoms with Gasteiger partial charge in [-0.3, -0.25) is 0 Å². The standard InChI is InChI=1S/C15H13BrFN5O2S/c1-8-18-13(21-24-8)14-19-20-15(25-14)22-5-4-10(7-22)23-12-6-9(17)2-3-11(12)16/h2-3,6,10H,4-5,7H2,1H3/t10-/m0/s1. The van der Waals surface area contributed by atoms with Gasteiger partial charge < -0.3 is 14.2 Å². The molecule has 7 nitrogen and oxygen atoms in total. The largest absolute Gasteiger partial charge is 0.487 e. The second-order valence-corrected chi connectivity index (χ2v) is 7.39. The molecule has 3 heterocycles. The van der Waals surface area contributed by atoms with Crippen molar-refractivity contribution in [2.75, 3.05) is 18.0 Å². The highest BCUT2D eigenvalue weighted by Gasteiger charge is 2.27. The Labute approximate surface area is 155 Å². The first-order valence-corrected chi connectivity index (χ1v) is 9.20. The van der Waals surface area contributed by atoms with E-state index in [0.717, 1.165) is 22.6 Å². The molecule has 1 atom stereocenters. The quantitative estimate of drug-likeness (QED) is 0.633. The van der Waals surface area contributed by atoms with Gasteiger partial charge in [-0.15, -0.1) is 10.2 Å². The molecule has 1 aliphatic heterocycles. The van der Waals surface area contributed by atoms with Crippen molar-refractivity contribution < 1.29 is 13.7 Å². The lowest BCUT2D eigenvalue weighted by Gasteiger charge is -2.16. The number of hydrogen-bond donors (Lipinski definition) is 0. The molecule has 10 heteroatoms.